The first-order chi connectivity index (χ1) is 7.58. The molecular formula is C12H16ClNO2. The van der Waals surface area contributed by atoms with Crippen LogP contribution in [0.4, 0.5) is 0 Å². The SMILES string of the molecule is CC(N)CCC(=O)OCc1cccc(Cl)c1. The molecule has 0 spiro atoms. The predicted octanol–water partition coefficient (Wildman–Crippen LogP) is 2.51. The zero-order valence-electron chi connectivity index (χ0n) is 9.28. The molecule has 0 aliphatic rings. The van der Waals surface area contributed by atoms with Gasteiger partial charge in [-0.2, -0.15) is 0 Å². The lowest BCUT2D eigenvalue weighted by Crippen LogP contribution is -2.17. The van der Waals surface area contributed by atoms with Crippen LogP contribution in [-0.4, -0.2) is 12.0 Å². The van der Waals surface area contributed by atoms with Crippen molar-refractivity contribution in [2.45, 2.75) is 32.4 Å². The topological polar surface area (TPSA) is 52.3 Å². The second-order valence-electron chi connectivity index (χ2n) is 3.81. The molecule has 0 radical (unpaired) electrons. The summed E-state index contributed by atoms with van der Waals surface area (Å²) in [5, 5.41) is 0.643. The molecule has 1 aromatic rings. The highest BCUT2D eigenvalue weighted by molar-refractivity contribution is 6.30. The molecule has 0 aromatic heterocycles. The minimum absolute atomic E-state index is 0.0266. The minimum atomic E-state index is -0.225. The van der Waals surface area contributed by atoms with Crippen molar-refractivity contribution in [1.29, 1.82) is 0 Å². The fraction of sp³-hybridized carbons (Fsp3) is 0.417. The van der Waals surface area contributed by atoms with Gasteiger partial charge in [-0.25, -0.2) is 0 Å². The Bertz CT molecular complexity index is 353. The summed E-state index contributed by atoms with van der Waals surface area (Å²) in [6, 6.07) is 7.28. The Balaban J connectivity index is 2.31. The van der Waals surface area contributed by atoms with E-state index in [1.807, 2.05) is 19.1 Å². The summed E-state index contributed by atoms with van der Waals surface area (Å²) in [6.07, 6.45) is 1.01. The van der Waals surface area contributed by atoms with E-state index in [1.54, 1.807) is 12.1 Å². The summed E-state index contributed by atoms with van der Waals surface area (Å²) < 4.78 is 5.08. The molecule has 0 bridgehead atoms. The van der Waals surface area contributed by atoms with Gasteiger partial charge in [0.2, 0.25) is 0 Å². The van der Waals surface area contributed by atoms with E-state index in [0.717, 1.165) is 5.56 Å². The van der Waals surface area contributed by atoms with Crippen LogP contribution in [0.1, 0.15) is 25.3 Å². The average Bonchev–Trinajstić information content (AvgIpc) is 2.23. The molecule has 1 atom stereocenters. The first kappa shape index (κ1) is 13.0. The van der Waals surface area contributed by atoms with E-state index in [-0.39, 0.29) is 18.6 Å². The summed E-state index contributed by atoms with van der Waals surface area (Å²) in [7, 11) is 0. The molecule has 0 aliphatic carbocycles. The van der Waals surface area contributed by atoms with E-state index in [9.17, 15) is 4.79 Å². The molecule has 3 nitrogen and oxygen atoms in total. The van der Waals surface area contributed by atoms with Crippen molar-refractivity contribution in [2.24, 2.45) is 5.73 Å². The Morgan fingerprint density at radius 1 is 1.56 bits per heavy atom. The first-order valence-corrected chi connectivity index (χ1v) is 5.61. The fourth-order valence-corrected chi connectivity index (χ4v) is 1.42. The molecule has 1 aromatic carbocycles. The van der Waals surface area contributed by atoms with Gasteiger partial charge in [0.05, 0.1) is 0 Å². The number of ether oxygens (including phenoxy) is 1. The van der Waals surface area contributed by atoms with Crippen molar-refractivity contribution in [3.8, 4) is 0 Å². The highest BCUT2D eigenvalue weighted by atomic mass is 35.5. The number of carbonyl (C=O) groups excluding carboxylic acids is 1. The van der Waals surface area contributed by atoms with Gasteiger partial charge in [-0.1, -0.05) is 23.7 Å². The van der Waals surface area contributed by atoms with Crippen LogP contribution in [0, 0.1) is 0 Å². The van der Waals surface area contributed by atoms with Crippen LogP contribution in [0.5, 0.6) is 0 Å². The van der Waals surface area contributed by atoms with E-state index < -0.39 is 0 Å². The third kappa shape index (κ3) is 5.14. The molecule has 88 valence electrons. The Kier molecular flexibility index (Phi) is 5.29. The van der Waals surface area contributed by atoms with Gasteiger partial charge in [0.25, 0.3) is 0 Å². The van der Waals surface area contributed by atoms with Gasteiger partial charge in [-0.3, -0.25) is 4.79 Å². The fourth-order valence-electron chi connectivity index (χ4n) is 1.21. The van der Waals surface area contributed by atoms with Gasteiger partial charge in [0.15, 0.2) is 0 Å². The van der Waals surface area contributed by atoms with Crippen molar-refractivity contribution < 1.29 is 9.53 Å². The first-order valence-electron chi connectivity index (χ1n) is 5.23. The summed E-state index contributed by atoms with van der Waals surface area (Å²) in [5.74, 6) is -0.225. The van der Waals surface area contributed by atoms with Crippen molar-refractivity contribution >= 4 is 17.6 Å². The van der Waals surface area contributed by atoms with Crippen LogP contribution in [0.15, 0.2) is 24.3 Å². The van der Waals surface area contributed by atoms with Gasteiger partial charge < -0.3 is 10.5 Å². The lowest BCUT2D eigenvalue weighted by molar-refractivity contribution is -0.145. The largest absolute Gasteiger partial charge is 0.461 e. The maximum absolute atomic E-state index is 11.3. The van der Waals surface area contributed by atoms with Crippen LogP contribution in [0.3, 0.4) is 0 Å². The lowest BCUT2D eigenvalue weighted by atomic mass is 10.2. The maximum Gasteiger partial charge on any atom is 0.306 e. The molecule has 16 heavy (non-hydrogen) atoms. The third-order valence-corrected chi connectivity index (χ3v) is 2.33. The van der Waals surface area contributed by atoms with Crippen molar-refractivity contribution in [1.82, 2.24) is 0 Å². The third-order valence-electron chi connectivity index (χ3n) is 2.09. The molecule has 0 heterocycles. The van der Waals surface area contributed by atoms with Crippen LogP contribution < -0.4 is 5.73 Å². The van der Waals surface area contributed by atoms with E-state index >= 15 is 0 Å². The van der Waals surface area contributed by atoms with E-state index in [2.05, 4.69) is 0 Å². The number of carbonyl (C=O) groups is 1. The van der Waals surface area contributed by atoms with Gasteiger partial charge >= 0.3 is 5.97 Å². The molecule has 0 amide bonds. The number of benzene rings is 1. The number of halogens is 1. The summed E-state index contributed by atoms with van der Waals surface area (Å²) in [5.41, 5.74) is 6.43. The normalized spacial score (nSPS) is 12.2. The Morgan fingerprint density at radius 2 is 2.31 bits per heavy atom. The molecule has 1 rings (SSSR count). The van der Waals surface area contributed by atoms with Crippen LogP contribution >= 0.6 is 11.6 Å². The second-order valence-corrected chi connectivity index (χ2v) is 4.24. The van der Waals surface area contributed by atoms with E-state index in [0.29, 0.717) is 17.9 Å². The summed E-state index contributed by atoms with van der Waals surface area (Å²) in [4.78, 5) is 11.3. The molecule has 0 fully saturated rings. The smallest absolute Gasteiger partial charge is 0.306 e. The molecule has 1 unspecified atom stereocenters. The summed E-state index contributed by atoms with van der Waals surface area (Å²) >= 11 is 5.81. The second kappa shape index (κ2) is 6.51. The average molecular weight is 242 g/mol. The molecule has 4 heteroatoms. The standard InChI is InChI=1S/C12H16ClNO2/c1-9(14)5-6-12(15)16-8-10-3-2-4-11(13)7-10/h2-4,7,9H,5-6,8,14H2,1H3. The Morgan fingerprint density at radius 3 is 2.94 bits per heavy atom. The number of hydrogen-bond acceptors (Lipinski definition) is 3. The Labute approximate surface area is 101 Å². The molecular weight excluding hydrogens is 226 g/mol. The number of nitrogens with two attached hydrogens (primary N) is 1. The van der Waals surface area contributed by atoms with Crippen molar-refractivity contribution in [2.75, 3.05) is 0 Å². The quantitative estimate of drug-likeness (QED) is 0.806. The maximum atomic E-state index is 11.3. The van der Waals surface area contributed by atoms with Crippen molar-refractivity contribution in [3.05, 3.63) is 34.9 Å². The molecule has 0 aliphatic heterocycles. The summed E-state index contributed by atoms with van der Waals surface area (Å²) in [6.45, 7) is 2.13. The van der Waals surface area contributed by atoms with Crippen molar-refractivity contribution in [3.63, 3.8) is 0 Å². The van der Waals surface area contributed by atoms with E-state index in [4.69, 9.17) is 22.1 Å². The predicted molar refractivity (Wildman–Crippen MR) is 64.1 cm³/mol. The number of rotatable bonds is 5. The van der Waals surface area contributed by atoms with Gasteiger partial charge in [0, 0.05) is 17.5 Å². The lowest BCUT2D eigenvalue weighted by Gasteiger charge is -2.06. The number of esters is 1. The molecule has 2 N–H and O–H groups in total. The highest BCUT2D eigenvalue weighted by Crippen LogP contribution is 2.11. The highest BCUT2D eigenvalue weighted by Gasteiger charge is 2.05. The zero-order chi connectivity index (χ0) is 12.0. The van der Waals surface area contributed by atoms with Crippen LogP contribution in [0.2, 0.25) is 5.02 Å². The van der Waals surface area contributed by atoms with Gasteiger partial charge in [-0.15, -0.1) is 0 Å². The van der Waals surface area contributed by atoms with Gasteiger partial charge in [0.1, 0.15) is 6.61 Å². The van der Waals surface area contributed by atoms with E-state index in [1.165, 1.54) is 0 Å². The van der Waals surface area contributed by atoms with Crippen LogP contribution in [0.25, 0.3) is 0 Å². The zero-order valence-corrected chi connectivity index (χ0v) is 10.0. The minimum Gasteiger partial charge on any atom is -0.461 e. The molecule has 0 saturated heterocycles. The Hall–Kier alpha value is -1.06. The number of hydrogen-bond donors (Lipinski definition) is 1. The monoisotopic (exact) mass is 241 g/mol. The van der Waals surface area contributed by atoms with Gasteiger partial charge in [-0.05, 0) is 31.0 Å². The molecule has 0 saturated carbocycles. The van der Waals surface area contributed by atoms with Crippen LogP contribution in [-0.2, 0) is 16.1 Å².